The third-order valence-electron chi connectivity index (χ3n) is 3.74. The maximum atomic E-state index is 11.2. The van der Waals surface area contributed by atoms with Crippen molar-refractivity contribution in [1.82, 2.24) is 15.1 Å². The highest BCUT2D eigenvalue weighted by atomic mass is 16.2. The van der Waals surface area contributed by atoms with Gasteiger partial charge in [0.1, 0.15) is 6.29 Å². The van der Waals surface area contributed by atoms with Crippen LogP contribution < -0.4 is 11.1 Å². The van der Waals surface area contributed by atoms with Crippen LogP contribution in [0.25, 0.3) is 0 Å². The number of rotatable bonds is 3. The number of carbonyl (C=O) groups is 1. The molecule has 0 aromatic rings. The number of hydrogen-bond acceptors (Lipinski definition) is 3. The molecular weight excluding hydrogens is 216 g/mol. The molecule has 0 saturated carbocycles. The van der Waals surface area contributed by atoms with E-state index in [1.54, 1.807) is 0 Å². The molecule has 2 fully saturated rings. The minimum Gasteiger partial charge on any atom is -0.352 e. The maximum Gasteiger partial charge on any atom is 0.314 e. The summed E-state index contributed by atoms with van der Waals surface area (Å²) >= 11 is 0. The fourth-order valence-corrected chi connectivity index (χ4v) is 2.87. The molecule has 2 rings (SSSR count). The van der Waals surface area contributed by atoms with Gasteiger partial charge in [0.2, 0.25) is 0 Å². The summed E-state index contributed by atoms with van der Waals surface area (Å²) in [6, 6.07) is -0.411. The second-order valence-electron chi connectivity index (χ2n) is 5.08. The van der Waals surface area contributed by atoms with E-state index in [-0.39, 0.29) is 6.29 Å². The second kappa shape index (κ2) is 6.21. The minimum atomic E-state index is -0.411. The normalized spacial score (nSPS) is 23.8. The lowest BCUT2D eigenvalue weighted by Crippen LogP contribution is -2.61. The Morgan fingerprint density at radius 3 is 1.65 bits per heavy atom. The number of urea groups is 1. The lowest BCUT2D eigenvalue weighted by Gasteiger charge is -2.42. The molecular formula is C12H24N4O. The summed E-state index contributed by atoms with van der Waals surface area (Å²) in [5.74, 6) is 0. The van der Waals surface area contributed by atoms with Gasteiger partial charge in [0.25, 0.3) is 0 Å². The van der Waals surface area contributed by atoms with E-state index in [1.165, 1.54) is 38.5 Å². The van der Waals surface area contributed by atoms with Gasteiger partial charge in [0.15, 0.2) is 0 Å². The van der Waals surface area contributed by atoms with E-state index in [4.69, 9.17) is 5.73 Å². The number of carbonyl (C=O) groups excluding carboxylic acids is 1. The first-order valence-corrected chi connectivity index (χ1v) is 6.81. The van der Waals surface area contributed by atoms with E-state index in [0.29, 0.717) is 0 Å². The molecule has 2 aliphatic rings. The molecule has 0 aromatic heterocycles. The molecule has 3 N–H and O–H groups in total. The van der Waals surface area contributed by atoms with Crippen LogP contribution in [0, 0.1) is 0 Å². The molecule has 0 aromatic carbocycles. The number of amides is 2. The first kappa shape index (κ1) is 12.6. The molecule has 0 bridgehead atoms. The first-order valence-electron chi connectivity index (χ1n) is 6.81. The summed E-state index contributed by atoms with van der Waals surface area (Å²) in [4.78, 5) is 15.9. The van der Waals surface area contributed by atoms with E-state index in [0.717, 1.165) is 26.2 Å². The van der Waals surface area contributed by atoms with Gasteiger partial charge >= 0.3 is 6.03 Å². The number of nitrogens with one attached hydrogen (secondary N) is 1. The summed E-state index contributed by atoms with van der Waals surface area (Å²) in [7, 11) is 0. The van der Waals surface area contributed by atoms with Gasteiger partial charge in [-0.15, -0.1) is 0 Å². The van der Waals surface area contributed by atoms with Crippen molar-refractivity contribution in [1.29, 1.82) is 0 Å². The Morgan fingerprint density at radius 1 is 0.882 bits per heavy atom. The van der Waals surface area contributed by atoms with Crippen molar-refractivity contribution in [2.24, 2.45) is 5.73 Å². The van der Waals surface area contributed by atoms with Gasteiger partial charge in [-0.2, -0.15) is 0 Å². The summed E-state index contributed by atoms with van der Waals surface area (Å²) in [6.45, 7) is 4.28. The SMILES string of the molecule is NC(=O)NC(N1CCCCC1)N1CCCCC1. The molecule has 2 aliphatic heterocycles. The predicted molar refractivity (Wildman–Crippen MR) is 67.4 cm³/mol. The number of nitrogens with zero attached hydrogens (tertiary/aromatic N) is 2. The van der Waals surface area contributed by atoms with Crippen molar-refractivity contribution < 1.29 is 4.79 Å². The van der Waals surface area contributed by atoms with Gasteiger partial charge < -0.3 is 11.1 Å². The van der Waals surface area contributed by atoms with Gasteiger partial charge in [-0.1, -0.05) is 12.8 Å². The standard InChI is InChI=1S/C12H24N4O/c13-11(17)14-12(15-7-3-1-4-8-15)16-9-5-2-6-10-16/h12H,1-10H2,(H3,13,14,17). The lowest BCUT2D eigenvalue weighted by atomic mass is 10.1. The largest absolute Gasteiger partial charge is 0.352 e. The first-order chi connectivity index (χ1) is 8.27. The van der Waals surface area contributed by atoms with Gasteiger partial charge in [0.05, 0.1) is 0 Å². The fraction of sp³-hybridized carbons (Fsp3) is 0.917. The third kappa shape index (κ3) is 3.57. The molecule has 98 valence electrons. The van der Waals surface area contributed by atoms with E-state index in [2.05, 4.69) is 15.1 Å². The predicted octanol–water partition coefficient (Wildman–Crippen LogP) is 0.910. The maximum absolute atomic E-state index is 11.2. The van der Waals surface area contributed by atoms with Crippen LogP contribution in [0.1, 0.15) is 38.5 Å². The molecule has 5 heteroatoms. The Balaban J connectivity index is 1.97. The lowest BCUT2D eigenvalue weighted by molar-refractivity contribution is 0.00351. The van der Waals surface area contributed by atoms with E-state index >= 15 is 0 Å². The highest BCUT2D eigenvalue weighted by Crippen LogP contribution is 2.17. The van der Waals surface area contributed by atoms with Crippen molar-refractivity contribution in [3.8, 4) is 0 Å². The van der Waals surface area contributed by atoms with Crippen molar-refractivity contribution >= 4 is 6.03 Å². The van der Waals surface area contributed by atoms with Crippen molar-refractivity contribution in [3.05, 3.63) is 0 Å². The Bertz CT molecular complexity index is 229. The van der Waals surface area contributed by atoms with Crippen molar-refractivity contribution in [2.45, 2.75) is 44.8 Å². The average molecular weight is 240 g/mol. The second-order valence-corrected chi connectivity index (χ2v) is 5.08. The molecule has 2 amide bonds. The molecule has 5 nitrogen and oxygen atoms in total. The third-order valence-corrected chi connectivity index (χ3v) is 3.74. The molecule has 2 heterocycles. The van der Waals surface area contributed by atoms with Gasteiger partial charge in [-0.05, 0) is 25.7 Å². The van der Waals surface area contributed by atoms with E-state index in [9.17, 15) is 4.79 Å². The molecule has 0 spiro atoms. The number of hydrogen-bond donors (Lipinski definition) is 2. The fourth-order valence-electron chi connectivity index (χ4n) is 2.87. The van der Waals surface area contributed by atoms with Crippen LogP contribution in [0.4, 0.5) is 4.79 Å². The average Bonchev–Trinajstić information content (AvgIpc) is 2.38. The van der Waals surface area contributed by atoms with Crippen LogP contribution in [0.15, 0.2) is 0 Å². The number of likely N-dealkylation sites (tertiary alicyclic amines) is 2. The van der Waals surface area contributed by atoms with Gasteiger partial charge in [-0.3, -0.25) is 9.80 Å². The van der Waals surface area contributed by atoms with Crippen LogP contribution in [0.5, 0.6) is 0 Å². The summed E-state index contributed by atoms with van der Waals surface area (Å²) in [5.41, 5.74) is 5.30. The van der Waals surface area contributed by atoms with Gasteiger partial charge in [0, 0.05) is 26.2 Å². The minimum absolute atomic E-state index is 0.0214. The van der Waals surface area contributed by atoms with Crippen LogP contribution in [-0.2, 0) is 0 Å². The topological polar surface area (TPSA) is 61.6 Å². The van der Waals surface area contributed by atoms with Crippen molar-refractivity contribution in [2.75, 3.05) is 26.2 Å². The summed E-state index contributed by atoms with van der Waals surface area (Å²) in [6.07, 6.45) is 7.54. The number of primary amides is 1. The molecule has 0 unspecified atom stereocenters. The number of nitrogens with two attached hydrogens (primary N) is 1. The molecule has 0 atom stereocenters. The molecule has 0 aliphatic carbocycles. The van der Waals surface area contributed by atoms with E-state index < -0.39 is 6.03 Å². The Hall–Kier alpha value is -0.810. The Morgan fingerprint density at radius 2 is 1.29 bits per heavy atom. The smallest absolute Gasteiger partial charge is 0.314 e. The highest BCUT2D eigenvalue weighted by molar-refractivity contribution is 5.71. The monoisotopic (exact) mass is 240 g/mol. The summed E-state index contributed by atoms with van der Waals surface area (Å²) < 4.78 is 0. The zero-order valence-electron chi connectivity index (χ0n) is 10.5. The zero-order valence-corrected chi connectivity index (χ0v) is 10.5. The Labute approximate surface area is 103 Å². The summed E-state index contributed by atoms with van der Waals surface area (Å²) in [5, 5.41) is 2.91. The molecule has 0 radical (unpaired) electrons. The van der Waals surface area contributed by atoms with Crippen molar-refractivity contribution in [3.63, 3.8) is 0 Å². The van der Waals surface area contributed by atoms with Crippen LogP contribution in [0.3, 0.4) is 0 Å². The Kier molecular flexibility index (Phi) is 4.62. The quantitative estimate of drug-likeness (QED) is 0.771. The molecule has 17 heavy (non-hydrogen) atoms. The van der Waals surface area contributed by atoms with Crippen LogP contribution >= 0.6 is 0 Å². The highest BCUT2D eigenvalue weighted by Gasteiger charge is 2.28. The van der Waals surface area contributed by atoms with E-state index in [1.807, 2.05) is 0 Å². The van der Waals surface area contributed by atoms with Crippen LogP contribution in [0.2, 0.25) is 0 Å². The van der Waals surface area contributed by atoms with Crippen LogP contribution in [-0.4, -0.2) is 48.3 Å². The number of piperidine rings is 2. The zero-order chi connectivity index (χ0) is 12.1. The molecule has 2 saturated heterocycles. The van der Waals surface area contributed by atoms with Gasteiger partial charge in [-0.25, -0.2) is 4.79 Å².